The largest absolute Gasteiger partial charge is 0.482 e. The van der Waals surface area contributed by atoms with Gasteiger partial charge in [-0.3, -0.25) is 14.5 Å². The molecule has 2 aromatic carbocycles. The molecule has 0 atom stereocenters. The molecule has 1 N–H and O–H groups in total. The Morgan fingerprint density at radius 1 is 1.26 bits per heavy atom. The number of anilines is 1. The zero-order valence-corrected chi connectivity index (χ0v) is 18.0. The number of hydrogen-bond acceptors (Lipinski definition) is 6. The Labute approximate surface area is 184 Å². The molecule has 1 aliphatic rings. The molecule has 1 aliphatic heterocycles. The number of nitrogens with one attached hydrogen (secondary N) is 1. The van der Waals surface area contributed by atoms with Gasteiger partial charge in [0.25, 0.3) is 5.91 Å². The number of ether oxygens (including phenoxy) is 2. The van der Waals surface area contributed by atoms with Crippen molar-refractivity contribution in [3.05, 3.63) is 64.5 Å². The van der Waals surface area contributed by atoms with E-state index >= 15 is 0 Å². The zero-order valence-electron chi connectivity index (χ0n) is 17.2. The van der Waals surface area contributed by atoms with Crippen LogP contribution in [0.4, 0.5) is 5.69 Å². The SMILES string of the molecule is COCCc1nc(-c2ccc3c(c2)N(CC(=O)NCc2ccccc2)C(=O)CO3)cs1. The number of hydrogen-bond donors (Lipinski definition) is 1. The van der Waals surface area contributed by atoms with Crippen LogP contribution in [-0.2, 0) is 27.3 Å². The second-order valence-corrected chi connectivity index (χ2v) is 8.03. The van der Waals surface area contributed by atoms with Crippen LogP contribution in [0.25, 0.3) is 11.3 Å². The van der Waals surface area contributed by atoms with E-state index in [-0.39, 0.29) is 25.0 Å². The summed E-state index contributed by atoms with van der Waals surface area (Å²) in [6.07, 6.45) is 0.751. The molecule has 0 fully saturated rings. The minimum absolute atomic E-state index is 0.0678. The van der Waals surface area contributed by atoms with Gasteiger partial charge in [0.05, 0.1) is 23.0 Å². The van der Waals surface area contributed by atoms with E-state index in [2.05, 4.69) is 10.3 Å². The number of methoxy groups -OCH3 is 1. The third-order valence-electron chi connectivity index (χ3n) is 4.90. The predicted octanol–water partition coefficient (Wildman–Crippen LogP) is 3.04. The minimum atomic E-state index is -0.251. The molecular formula is C23H23N3O4S. The fourth-order valence-electron chi connectivity index (χ4n) is 3.28. The van der Waals surface area contributed by atoms with E-state index in [0.29, 0.717) is 24.6 Å². The van der Waals surface area contributed by atoms with Gasteiger partial charge in [0, 0.05) is 31.0 Å². The third kappa shape index (κ3) is 5.10. The van der Waals surface area contributed by atoms with E-state index < -0.39 is 0 Å². The zero-order chi connectivity index (χ0) is 21.6. The lowest BCUT2D eigenvalue weighted by Gasteiger charge is -2.29. The summed E-state index contributed by atoms with van der Waals surface area (Å²) >= 11 is 1.57. The molecule has 31 heavy (non-hydrogen) atoms. The molecule has 160 valence electrons. The average molecular weight is 438 g/mol. The quantitative estimate of drug-likeness (QED) is 0.586. The van der Waals surface area contributed by atoms with Crippen molar-refractivity contribution in [1.29, 1.82) is 0 Å². The Kier molecular flexibility index (Phi) is 6.59. The number of nitrogens with zero attached hydrogens (tertiary/aromatic N) is 2. The average Bonchev–Trinajstić information content (AvgIpc) is 3.27. The number of rotatable bonds is 8. The standard InChI is InChI=1S/C23H23N3O4S/c1-29-10-9-22-25-18(15-31-22)17-7-8-20-19(11-17)26(23(28)14-30-20)13-21(27)24-12-16-5-3-2-4-6-16/h2-8,11,15H,9-10,12-14H2,1H3,(H,24,27). The molecular weight excluding hydrogens is 414 g/mol. The summed E-state index contributed by atoms with van der Waals surface area (Å²) in [5, 5.41) is 5.84. The molecule has 0 spiro atoms. The molecule has 0 aliphatic carbocycles. The molecule has 0 bridgehead atoms. The molecule has 1 aromatic heterocycles. The van der Waals surface area contributed by atoms with Crippen LogP contribution in [0.2, 0.25) is 0 Å². The Hall–Kier alpha value is -3.23. The molecule has 0 unspecified atom stereocenters. The highest BCUT2D eigenvalue weighted by Crippen LogP contribution is 2.36. The Balaban J connectivity index is 1.50. The van der Waals surface area contributed by atoms with Crippen molar-refractivity contribution in [1.82, 2.24) is 10.3 Å². The number of aromatic nitrogens is 1. The van der Waals surface area contributed by atoms with Gasteiger partial charge in [-0.2, -0.15) is 0 Å². The highest BCUT2D eigenvalue weighted by atomic mass is 32.1. The molecule has 4 rings (SSSR count). The molecule has 2 heterocycles. The Morgan fingerprint density at radius 2 is 2.10 bits per heavy atom. The summed E-state index contributed by atoms with van der Waals surface area (Å²) in [5.74, 6) is 0.0959. The first-order chi connectivity index (χ1) is 15.1. The molecule has 2 amide bonds. The number of fused-ring (bicyclic) bond motifs is 1. The van der Waals surface area contributed by atoms with E-state index in [0.717, 1.165) is 28.2 Å². The van der Waals surface area contributed by atoms with Gasteiger partial charge in [0.2, 0.25) is 5.91 Å². The Morgan fingerprint density at radius 3 is 2.90 bits per heavy atom. The van der Waals surface area contributed by atoms with Crippen LogP contribution < -0.4 is 15.0 Å². The maximum absolute atomic E-state index is 12.5. The van der Waals surface area contributed by atoms with Gasteiger partial charge < -0.3 is 14.8 Å². The number of carbonyl (C=O) groups excluding carboxylic acids is 2. The predicted molar refractivity (Wildman–Crippen MR) is 119 cm³/mol. The van der Waals surface area contributed by atoms with Crippen LogP contribution in [0, 0.1) is 0 Å². The molecule has 8 heteroatoms. The second kappa shape index (κ2) is 9.72. The maximum Gasteiger partial charge on any atom is 0.265 e. The van der Waals surface area contributed by atoms with Crippen LogP contribution in [-0.4, -0.2) is 43.7 Å². The lowest BCUT2D eigenvalue weighted by atomic mass is 10.1. The van der Waals surface area contributed by atoms with Gasteiger partial charge in [0.15, 0.2) is 6.61 Å². The van der Waals surface area contributed by atoms with E-state index in [4.69, 9.17) is 9.47 Å². The lowest BCUT2D eigenvalue weighted by Crippen LogP contribution is -2.45. The highest BCUT2D eigenvalue weighted by Gasteiger charge is 2.28. The van der Waals surface area contributed by atoms with Gasteiger partial charge in [-0.1, -0.05) is 30.3 Å². The summed E-state index contributed by atoms with van der Waals surface area (Å²) < 4.78 is 10.7. The maximum atomic E-state index is 12.5. The van der Waals surface area contributed by atoms with Crippen molar-refractivity contribution < 1.29 is 19.1 Å². The van der Waals surface area contributed by atoms with Crippen molar-refractivity contribution in [2.24, 2.45) is 0 Å². The van der Waals surface area contributed by atoms with Gasteiger partial charge in [0.1, 0.15) is 12.3 Å². The van der Waals surface area contributed by atoms with Crippen LogP contribution in [0.5, 0.6) is 5.75 Å². The number of thiazole rings is 1. The first kappa shape index (κ1) is 21.0. The Bertz CT molecular complexity index is 1070. The monoisotopic (exact) mass is 437 g/mol. The summed E-state index contributed by atoms with van der Waals surface area (Å²) in [6.45, 7) is 0.872. The fraction of sp³-hybridized carbons (Fsp3) is 0.261. The van der Waals surface area contributed by atoms with E-state index in [9.17, 15) is 9.59 Å². The number of amides is 2. The lowest BCUT2D eigenvalue weighted by molar-refractivity contribution is -0.125. The molecule has 0 saturated carbocycles. The second-order valence-electron chi connectivity index (χ2n) is 7.08. The van der Waals surface area contributed by atoms with Crippen molar-refractivity contribution in [3.63, 3.8) is 0 Å². The summed E-state index contributed by atoms with van der Waals surface area (Å²) in [7, 11) is 1.67. The van der Waals surface area contributed by atoms with Gasteiger partial charge in [-0.05, 0) is 23.8 Å². The minimum Gasteiger partial charge on any atom is -0.482 e. The van der Waals surface area contributed by atoms with Gasteiger partial charge in [-0.25, -0.2) is 4.98 Å². The van der Waals surface area contributed by atoms with Crippen molar-refractivity contribution in [2.75, 3.05) is 31.8 Å². The molecule has 3 aromatic rings. The van der Waals surface area contributed by atoms with Gasteiger partial charge in [-0.15, -0.1) is 11.3 Å². The summed E-state index contributed by atoms with van der Waals surface area (Å²) in [5.41, 5.74) is 3.27. The van der Waals surface area contributed by atoms with Crippen LogP contribution in [0.15, 0.2) is 53.9 Å². The molecule has 7 nitrogen and oxygen atoms in total. The van der Waals surface area contributed by atoms with Gasteiger partial charge >= 0.3 is 0 Å². The molecule has 0 radical (unpaired) electrons. The number of benzene rings is 2. The van der Waals surface area contributed by atoms with Crippen molar-refractivity contribution in [3.8, 4) is 17.0 Å². The fourth-order valence-corrected chi connectivity index (χ4v) is 4.07. The first-order valence-electron chi connectivity index (χ1n) is 9.95. The van der Waals surface area contributed by atoms with Crippen LogP contribution >= 0.6 is 11.3 Å². The van der Waals surface area contributed by atoms with Crippen LogP contribution in [0.1, 0.15) is 10.6 Å². The summed E-state index contributed by atoms with van der Waals surface area (Å²) in [6, 6.07) is 15.2. The van der Waals surface area contributed by atoms with Crippen LogP contribution in [0.3, 0.4) is 0 Å². The van der Waals surface area contributed by atoms with E-state index in [1.807, 2.05) is 53.9 Å². The van der Waals surface area contributed by atoms with Crippen molar-refractivity contribution in [2.45, 2.75) is 13.0 Å². The topological polar surface area (TPSA) is 80.8 Å². The summed E-state index contributed by atoms with van der Waals surface area (Å²) in [4.78, 5) is 31.2. The first-order valence-corrected chi connectivity index (χ1v) is 10.8. The molecule has 0 saturated heterocycles. The van der Waals surface area contributed by atoms with E-state index in [1.165, 1.54) is 4.90 Å². The smallest absolute Gasteiger partial charge is 0.265 e. The normalized spacial score (nSPS) is 12.9. The van der Waals surface area contributed by atoms with E-state index in [1.54, 1.807) is 18.4 Å². The number of carbonyl (C=O) groups is 2. The third-order valence-corrected chi connectivity index (χ3v) is 5.81. The van der Waals surface area contributed by atoms with Crippen molar-refractivity contribution >= 4 is 28.8 Å². The highest BCUT2D eigenvalue weighted by molar-refractivity contribution is 7.09.